The highest BCUT2D eigenvalue weighted by atomic mass is 79.9. The number of rotatable bonds is 2. The van der Waals surface area contributed by atoms with E-state index in [1.165, 1.54) is 11.8 Å². The van der Waals surface area contributed by atoms with Gasteiger partial charge in [0.2, 0.25) is 0 Å². The SMILES string of the molecule is CSC(=Nc1ccc(Br)cc1C(=O)OC(C)(C)C)NC#N. The predicted molar refractivity (Wildman–Crippen MR) is 88.7 cm³/mol. The molecule has 0 aliphatic carbocycles. The molecule has 0 heterocycles. The van der Waals surface area contributed by atoms with Crippen LogP contribution in [0.1, 0.15) is 31.1 Å². The largest absolute Gasteiger partial charge is 0.456 e. The van der Waals surface area contributed by atoms with E-state index in [4.69, 9.17) is 10.00 Å². The Kier molecular flexibility index (Phi) is 6.24. The van der Waals surface area contributed by atoms with E-state index in [0.717, 1.165) is 4.47 Å². The van der Waals surface area contributed by atoms with Crippen molar-refractivity contribution in [2.24, 2.45) is 4.99 Å². The molecule has 0 aromatic heterocycles. The van der Waals surface area contributed by atoms with Gasteiger partial charge in [0.1, 0.15) is 5.60 Å². The second-order valence-electron chi connectivity index (χ2n) is 5.02. The Morgan fingerprint density at radius 3 is 2.67 bits per heavy atom. The lowest BCUT2D eigenvalue weighted by Crippen LogP contribution is -2.24. The van der Waals surface area contributed by atoms with Crippen LogP contribution >= 0.6 is 27.7 Å². The number of amidine groups is 1. The van der Waals surface area contributed by atoms with E-state index in [-0.39, 0.29) is 0 Å². The van der Waals surface area contributed by atoms with Crippen molar-refractivity contribution in [3.63, 3.8) is 0 Å². The second kappa shape index (κ2) is 7.48. The van der Waals surface area contributed by atoms with Crippen molar-refractivity contribution >= 4 is 44.5 Å². The number of nitrogens with one attached hydrogen (secondary N) is 1. The van der Waals surface area contributed by atoms with Crippen LogP contribution in [0.3, 0.4) is 0 Å². The molecule has 0 saturated heterocycles. The molecular formula is C14H16BrN3O2S. The molecule has 1 aromatic rings. The first kappa shape index (κ1) is 17.5. The molecular weight excluding hydrogens is 354 g/mol. The van der Waals surface area contributed by atoms with E-state index >= 15 is 0 Å². The molecule has 0 radical (unpaired) electrons. The van der Waals surface area contributed by atoms with Gasteiger partial charge in [-0.25, -0.2) is 9.79 Å². The molecule has 0 saturated carbocycles. The molecule has 0 atom stereocenters. The average Bonchev–Trinajstić information content (AvgIpc) is 2.38. The van der Waals surface area contributed by atoms with Crippen molar-refractivity contribution in [3.05, 3.63) is 28.2 Å². The summed E-state index contributed by atoms with van der Waals surface area (Å²) in [5.74, 6) is -0.458. The summed E-state index contributed by atoms with van der Waals surface area (Å²) in [7, 11) is 0. The topological polar surface area (TPSA) is 74.5 Å². The number of aliphatic imine (C=N–C) groups is 1. The van der Waals surface area contributed by atoms with Gasteiger partial charge in [-0.3, -0.25) is 5.32 Å². The number of benzene rings is 1. The molecule has 0 bridgehead atoms. The summed E-state index contributed by atoms with van der Waals surface area (Å²) in [5.41, 5.74) is 0.193. The number of nitrogens with zero attached hydrogens (tertiary/aromatic N) is 2. The number of ether oxygens (including phenoxy) is 1. The number of thioether (sulfide) groups is 1. The molecule has 0 aliphatic rings. The maximum atomic E-state index is 12.3. The first-order valence-corrected chi connectivity index (χ1v) is 8.09. The first-order chi connectivity index (χ1) is 9.76. The maximum Gasteiger partial charge on any atom is 0.340 e. The van der Waals surface area contributed by atoms with E-state index in [2.05, 4.69) is 26.2 Å². The number of carbonyl (C=O) groups is 1. The van der Waals surface area contributed by atoms with Gasteiger partial charge in [-0.2, -0.15) is 5.26 Å². The Bertz CT molecular complexity index is 603. The minimum Gasteiger partial charge on any atom is -0.456 e. The zero-order valence-electron chi connectivity index (χ0n) is 12.2. The Balaban J connectivity index is 3.23. The lowest BCUT2D eigenvalue weighted by molar-refractivity contribution is 0.00705. The minimum absolute atomic E-state index is 0.339. The molecule has 5 nitrogen and oxygen atoms in total. The van der Waals surface area contributed by atoms with E-state index in [0.29, 0.717) is 16.4 Å². The maximum absolute atomic E-state index is 12.3. The van der Waals surface area contributed by atoms with Crippen LogP contribution in [0.25, 0.3) is 0 Å². The first-order valence-electron chi connectivity index (χ1n) is 6.07. The molecule has 0 amide bonds. The Morgan fingerprint density at radius 2 is 2.14 bits per heavy atom. The van der Waals surface area contributed by atoms with Gasteiger partial charge in [0.05, 0.1) is 11.3 Å². The molecule has 0 fully saturated rings. The summed E-state index contributed by atoms with van der Waals surface area (Å²) in [5, 5.41) is 11.5. The predicted octanol–water partition coefficient (Wildman–Crippen LogP) is 3.83. The number of nitriles is 1. The van der Waals surface area contributed by atoms with Gasteiger partial charge in [0.15, 0.2) is 11.4 Å². The Labute approximate surface area is 136 Å². The Morgan fingerprint density at radius 1 is 1.48 bits per heavy atom. The molecule has 1 N–H and O–H groups in total. The standard InChI is InChI=1S/C14H16BrN3O2S/c1-14(2,3)20-12(19)10-7-9(15)5-6-11(10)18-13(21-4)17-8-16/h5-7H,1-4H3,(H,17,18). The molecule has 112 valence electrons. The third kappa shape index (κ3) is 5.78. The van der Waals surface area contributed by atoms with Crippen LogP contribution in [0.2, 0.25) is 0 Å². The van der Waals surface area contributed by atoms with Crippen molar-refractivity contribution in [2.75, 3.05) is 6.26 Å². The zero-order chi connectivity index (χ0) is 16.0. The van der Waals surface area contributed by atoms with Crippen LogP contribution in [0.5, 0.6) is 0 Å². The fraction of sp³-hybridized carbons (Fsp3) is 0.357. The zero-order valence-corrected chi connectivity index (χ0v) is 14.6. The van der Waals surface area contributed by atoms with E-state index in [1.807, 2.05) is 6.19 Å². The summed E-state index contributed by atoms with van der Waals surface area (Å²) >= 11 is 4.61. The molecule has 1 rings (SSSR count). The number of carbonyl (C=O) groups excluding carboxylic acids is 1. The van der Waals surface area contributed by atoms with Gasteiger partial charge in [0.25, 0.3) is 0 Å². The molecule has 0 unspecified atom stereocenters. The minimum atomic E-state index is -0.590. The second-order valence-corrected chi connectivity index (χ2v) is 6.73. The quantitative estimate of drug-likeness (QED) is 0.282. The number of halogens is 1. The van der Waals surface area contributed by atoms with E-state index in [1.54, 1.807) is 45.2 Å². The molecule has 7 heteroatoms. The summed E-state index contributed by atoms with van der Waals surface area (Å²) in [6, 6.07) is 5.12. The highest BCUT2D eigenvalue weighted by molar-refractivity contribution is 9.10. The van der Waals surface area contributed by atoms with Crippen LogP contribution < -0.4 is 5.32 Å². The van der Waals surface area contributed by atoms with Gasteiger partial charge in [-0.1, -0.05) is 27.7 Å². The Hall–Kier alpha value is -1.52. The van der Waals surface area contributed by atoms with Crippen molar-refractivity contribution in [3.8, 4) is 6.19 Å². The number of esters is 1. The fourth-order valence-electron chi connectivity index (χ4n) is 1.38. The van der Waals surface area contributed by atoms with Gasteiger partial charge >= 0.3 is 5.97 Å². The molecule has 21 heavy (non-hydrogen) atoms. The van der Waals surface area contributed by atoms with Crippen LogP contribution in [-0.4, -0.2) is 23.0 Å². The van der Waals surface area contributed by atoms with E-state index in [9.17, 15) is 4.79 Å². The van der Waals surface area contributed by atoms with Gasteiger partial charge in [-0.15, -0.1) is 0 Å². The summed E-state index contributed by atoms with van der Waals surface area (Å²) in [4.78, 5) is 16.5. The third-order valence-corrected chi connectivity index (χ3v) is 3.23. The summed E-state index contributed by atoms with van der Waals surface area (Å²) < 4.78 is 6.12. The highest BCUT2D eigenvalue weighted by Crippen LogP contribution is 2.26. The van der Waals surface area contributed by atoms with Gasteiger partial charge in [0, 0.05) is 4.47 Å². The normalized spacial score (nSPS) is 11.7. The monoisotopic (exact) mass is 369 g/mol. The van der Waals surface area contributed by atoms with Crippen molar-refractivity contribution in [1.29, 1.82) is 5.26 Å². The van der Waals surface area contributed by atoms with Gasteiger partial charge < -0.3 is 4.74 Å². The molecule has 0 aliphatic heterocycles. The lowest BCUT2D eigenvalue weighted by atomic mass is 10.1. The third-order valence-electron chi connectivity index (χ3n) is 2.16. The average molecular weight is 370 g/mol. The van der Waals surface area contributed by atoms with Crippen molar-refractivity contribution in [1.82, 2.24) is 5.32 Å². The van der Waals surface area contributed by atoms with Crippen LogP contribution in [0.4, 0.5) is 5.69 Å². The van der Waals surface area contributed by atoms with Crippen LogP contribution in [0.15, 0.2) is 27.7 Å². The smallest absolute Gasteiger partial charge is 0.340 e. The van der Waals surface area contributed by atoms with Crippen molar-refractivity contribution in [2.45, 2.75) is 26.4 Å². The van der Waals surface area contributed by atoms with E-state index < -0.39 is 11.6 Å². The fourth-order valence-corrected chi connectivity index (χ4v) is 2.08. The van der Waals surface area contributed by atoms with Crippen LogP contribution in [0, 0.1) is 11.5 Å². The summed E-state index contributed by atoms with van der Waals surface area (Å²) in [6.07, 6.45) is 3.60. The molecule has 0 spiro atoms. The molecule has 1 aromatic carbocycles. The van der Waals surface area contributed by atoms with Crippen molar-refractivity contribution < 1.29 is 9.53 Å². The summed E-state index contributed by atoms with van der Waals surface area (Å²) in [6.45, 7) is 5.41. The number of hydrogen-bond donors (Lipinski definition) is 1. The highest BCUT2D eigenvalue weighted by Gasteiger charge is 2.21. The number of hydrogen-bond acceptors (Lipinski definition) is 5. The lowest BCUT2D eigenvalue weighted by Gasteiger charge is -2.20. The van der Waals surface area contributed by atoms with Gasteiger partial charge in [-0.05, 0) is 45.2 Å². The van der Waals surface area contributed by atoms with Crippen LogP contribution in [-0.2, 0) is 4.74 Å².